The Morgan fingerprint density at radius 2 is 1.88 bits per heavy atom. The van der Waals surface area contributed by atoms with Crippen molar-refractivity contribution in [3.05, 3.63) is 95.1 Å². The van der Waals surface area contributed by atoms with Gasteiger partial charge in [0, 0.05) is 12.7 Å². The van der Waals surface area contributed by atoms with Gasteiger partial charge in [0.2, 0.25) is 11.8 Å². The van der Waals surface area contributed by atoms with Gasteiger partial charge in [0.1, 0.15) is 11.9 Å². The standard InChI is InChI=1S/C27H29FN4O2/c1-18(2)22-13-12-20(16-23(22)28)26(19-8-4-3-5-9-19)30-27(34)24-11-7-15-32(24)25(33)17-21-10-6-14-29-31-21/h3-6,8-10,12-14,16,18,24,26H,7,11,15,17H2,1-2H3,(H,30,34)/t24-,26-/m0/s1. The van der Waals surface area contributed by atoms with Gasteiger partial charge < -0.3 is 10.2 Å². The van der Waals surface area contributed by atoms with Crippen molar-refractivity contribution in [2.24, 2.45) is 0 Å². The lowest BCUT2D eigenvalue weighted by molar-refractivity contribution is -0.138. The highest BCUT2D eigenvalue weighted by Crippen LogP contribution is 2.28. The number of carbonyl (C=O) groups excluding carboxylic acids is 2. The third-order valence-electron chi connectivity index (χ3n) is 6.24. The van der Waals surface area contributed by atoms with Crippen LogP contribution in [0.2, 0.25) is 0 Å². The maximum atomic E-state index is 14.8. The van der Waals surface area contributed by atoms with E-state index in [1.165, 1.54) is 6.07 Å². The average molecular weight is 461 g/mol. The Balaban J connectivity index is 1.56. The van der Waals surface area contributed by atoms with Crippen molar-refractivity contribution in [1.29, 1.82) is 0 Å². The van der Waals surface area contributed by atoms with Crippen molar-refractivity contribution in [2.75, 3.05) is 6.54 Å². The Morgan fingerprint density at radius 3 is 2.56 bits per heavy atom. The summed E-state index contributed by atoms with van der Waals surface area (Å²) >= 11 is 0. The van der Waals surface area contributed by atoms with Crippen LogP contribution in [-0.4, -0.2) is 39.5 Å². The van der Waals surface area contributed by atoms with Gasteiger partial charge in [-0.25, -0.2) is 4.39 Å². The summed E-state index contributed by atoms with van der Waals surface area (Å²) in [5.74, 6) is -0.621. The number of carbonyl (C=O) groups is 2. The predicted octanol–water partition coefficient (Wildman–Crippen LogP) is 4.18. The Kier molecular flexibility index (Phi) is 7.30. The fourth-order valence-electron chi connectivity index (χ4n) is 4.46. The number of rotatable bonds is 7. The summed E-state index contributed by atoms with van der Waals surface area (Å²) in [4.78, 5) is 28.0. The van der Waals surface area contributed by atoms with Crippen LogP contribution in [0.5, 0.6) is 0 Å². The number of halogens is 1. The Hall–Kier alpha value is -3.61. The van der Waals surface area contributed by atoms with Gasteiger partial charge in [0.15, 0.2) is 0 Å². The summed E-state index contributed by atoms with van der Waals surface area (Å²) in [6.07, 6.45) is 2.99. The first-order valence-electron chi connectivity index (χ1n) is 11.6. The third kappa shape index (κ3) is 5.30. The number of amides is 2. The van der Waals surface area contributed by atoms with Gasteiger partial charge in [0.25, 0.3) is 0 Å². The van der Waals surface area contributed by atoms with Gasteiger partial charge in [0.05, 0.1) is 18.2 Å². The van der Waals surface area contributed by atoms with Crippen molar-refractivity contribution in [2.45, 2.75) is 51.1 Å². The molecule has 1 aliphatic rings. The summed E-state index contributed by atoms with van der Waals surface area (Å²) in [5.41, 5.74) is 2.72. The monoisotopic (exact) mass is 460 g/mol. The molecule has 176 valence electrons. The number of nitrogens with zero attached hydrogens (tertiary/aromatic N) is 3. The first-order valence-corrected chi connectivity index (χ1v) is 11.6. The van der Waals surface area contributed by atoms with Crippen LogP contribution in [0, 0.1) is 5.82 Å². The number of aromatic nitrogens is 2. The largest absolute Gasteiger partial charge is 0.343 e. The molecule has 0 spiro atoms. The summed E-state index contributed by atoms with van der Waals surface area (Å²) in [5, 5.41) is 10.9. The van der Waals surface area contributed by atoms with Gasteiger partial charge >= 0.3 is 0 Å². The molecule has 2 atom stereocenters. The molecule has 1 aliphatic heterocycles. The van der Waals surface area contributed by atoms with E-state index in [1.54, 1.807) is 29.3 Å². The molecule has 1 fully saturated rings. The Morgan fingerprint density at radius 1 is 1.09 bits per heavy atom. The van der Waals surface area contributed by atoms with E-state index in [0.29, 0.717) is 29.8 Å². The minimum absolute atomic E-state index is 0.0613. The first-order chi connectivity index (χ1) is 16.4. The fourth-order valence-corrected chi connectivity index (χ4v) is 4.46. The zero-order chi connectivity index (χ0) is 24.1. The Labute approximate surface area is 199 Å². The highest BCUT2D eigenvalue weighted by molar-refractivity contribution is 5.89. The molecule has 0 saturated carbocycles. The van der Waals surface area contributed by atoms with Crippen LogP contribution in [0.3, 0.4) is 0 Å². The molecule has 3 aromatic rings. The van der Waals surface area contributed by atoms with Crippen LogP contribution < -0.4 is 5.32 Å². The topological polar surface area (TPSA) is 75.2 Å². The van der Waals surface area contributed by atoms with Crippen LogP contribution in [0.15, 0.2) is 66.9 Å². The number of hydrogen-bond donors (Lipinski definition) is 1. The van der Waals surface area contributed by atoms with Crippen LogP contribution in [0.4, 0.5) is 4.39 Å². The van der Waals surface area contributed by atoms with Crippen molar-refractivity contribution in [1.82, 2.24) is 20.4 Å². The van der Waals surface area contributed by atoms with E-state index in [1.807, 2.05) is 50.2 Å². The van der Waals surface area contributed by atoms with Crippen molar-refractivity contribution >= 4 is 11.8 Å². The molecule has 2 aromatic carbocycles. The second kappa shape index (κ2) is 10.5. The van der Waals surface area contributed by atoms with Crippen LogP contribution in [0.25, 0.3) is 0 Å². The smallest absolute Gasteiger partial charge is 0.243 e. The second-order valence-corrected chi connectivity index (χ2v) is 8.92. The maximum absolute atomic E-state index is 14.8. The third-order valence-corrected chi connectivity index (χ3v) is 6.24. The zero-order valence-electron chi connectivity index (χ0n) is 19.4. The van der Waals surface area contributed by atoms with Gasteiger partial charge in [-0.15, -0.1) is 0 Å². The average Bonchev–Trinajstić information content (AvgIpc) is 3.34. The van der Waals surface area contributed by atoms with E-state index >= 15 is 0 Å². The van der Waals surface area contributed by atoms with Crippen LogP contribution in [-0.2, 0) is 16.0 Å². The number of hydrogen-bond acceptors (Lipinski definition) is 4. The molecule has 0 bridgehead atoms. The number of nitrogens with one attached hydrogen (secondary N) is 1. The van der Waals surface area contributed by atoms with Gasteiger partial charge in [-0.3, -0.25) is 9.59 Å². The minimum atomic E-state index is -0.574. The van der Waals surface area contributed by atoms with Crippen LogP contribution >= 0.6 is 0 Å². The molecular formula is C27H29FN4O2. The summed E-state index contributed by atoms with van der Waals surface area (Å²) < 4.78 is 14.8. The molecule has 4 rings (SSSR count). The van der Waals surface area contributed by atoms with E-state index in [4.69, 9.17) is 0 Å². The molecule has 6 nitrogen and oxygen atoms in total. The number of likely N-dealkylation sites (tertiary alicyclic amines) is 1. The quantitative estimate of drug-likeness (QED) is 0.574. The highest BCUT2D eigenvalue weighted by Gasteiger charge is 2.35. The summed E-state index contributed by atoms with van der Waals surface area (Å²) in [7, 11) is 0. The Bertz CT molecular complexity index is 1140. The predicted molar refractivity (Wildman–Crippen MR) is 127 cm³/mol. The van der Waals surface area contributed by atoms with Gasteiger partial charge in [-0.2, -0.15) is 10.2 Å². The summed E-state index contributed by atoms with van der Waals surface area (Å²) in [6, 6.07) is 17.0. The molecule has 2 amide bonds. The van der Waals surface area contributed by atoms with Gasteiger partial charge in [-0.05, 0) is 53.6 Å². The molecule has 2 heterocycles. The van der Waals surface area contributed by atoms with Crippen LogP contribution in [0.1, 0.15) is 61.0 Å². The van der Waals surface area contributed by atoms with Crippen molar-refractivity contribution in [3.63, 3.8) is 0 Å². The lowest BCUT2D eigenvalue weighted by atomic mass is 9.94. The molecular weight excluding hydrogens is 431 g/mol. The van der Waals surface area contributed by atoms with E-state index in [9.17, 15) is 14.0 Å². The maximum Gasteiger partial charge on any atom is 0.243 e. The summed E-state index contributed by atoms with van der Waals surface area (Å²) in [6.45, 7) is 4.41. The lowest BCUT2D eigenvalue weighted by Gasteiger charge is -2.27. The number of benzene rings is 2. The van der Waals surface area contributed by atoms with Crippen molar-refractivity contribution in [3.8, 4) is 0 Å². The molecule has 34 heavy (non-hydrogen) atoms. The van der Waals surface area contributed by atoms with E-state index in [-0.39, 0.29) is 30.0 Å². The molecule has 0 radical (unpaired) electrons. The zero-order valence-corrected chi connectivity index (χ0v) is 19.4. The molecule has 1 aromatic heterocycles. The molecule has 7 heteroatoms. The highest BCUT2D eigenvalue weighted by atomic mass is 19.1. The lowest BCUT2D eigenvalue weighted by Crippen LogP contribution is -2.47. The molecule has 1 N–H and O–H groups in total. The fraction of sp³-hybridized carbons (Fsp3) is 0.333. The molecule has 0 unspecified atom stereocenters. The molecule has 0 aliphatic carbocycles. The van der Waals surface area contributed by atoms with E-state index < -0.39 is 12.1 Å². The van der Waals surface area contributed by atoms with Crippen molar-refractivity contribution < 1.29 is 14.0 Å². The molecule has 1 saturated heterocycles. The van der Waals surface area contributed by atoms with E-state index in [2.05, 4.69) is 15.5 Å². The van der Waals surface area contributed by atoms with Gasteiger partial charge in [-0.1, -0.05) is 56.3 Å². The minimum Gasteiger partial charge on any atom is -0.343 e. The van der Waals surface area contributed by atoms with E-state index in [0.717, 1.165) is 12.0 Å². The normalized spacial score (nSPS) is 16.5. The SMILES string of the molecule is CC(C)c1ccc([C@@H](NC(=O)[C@@H]2CCCN2C(=O)Cc2cccnn2)c2ccccc2)cc1F. The first kappa shape index (κ1) is 23.5. The second-order valence-electron chi connectivity index (χ2n) is 8.92.